The number of ether oxygens (including phenoxy) is 2. The molecule has 1 fully saturated rings. The molecule has 226 valence electrons. The van der Waals surface area contributed by atoms with Crippen molar-refractivity contribution in [2.75, 3.05) is 13.2 Å². The van der Waals surface area contributed by atoms with Gasteiger partial charge in [0, 0.05) is 36.8 Å². The number of aryl methyl sites for hydroxylation is 2. The minimum absolute atomic E-state index is 0.0391. The van der Waals surface area contributed by atoms with Gasteiger partial charge in [-0.3, -0.25) is 18.9 Å². The van der Waals surface area contributed by atoms with E-state index in [0.29, 0.717) is 24.2 Å². The summed E-state index contributed by atoms with van der Waals surface area (Å²) < 4.78 is 18.1. The monoisotopic (exact) mass is 592 g/mol. The first-order valence-corrected chi connectivity index (χ1v) is 15.3. The van der Waals surface area contributed by atoms with Gasteiger partial charge in [-0.05, 0) is 47.4 Å². The number of hydrogen-bond donors (Lipinski definition) is 1. The highest BCUT2D eigenvalue weighted by molar-refractivity contribution is 5.80. The predicted octanol–water partition coefficient (Wildman–Crippen LogP) is 5.91. The second-order valence-corrected chi connectivity index (χ2v) is 11.0. The Morgan fingerprint density at radius 3 is 2.32 bits per heavy atom. The zero-order valence-corrected chi connectivity index (χ0v) is 25.0. The summed E-state index contributed by atoms with van der Waals surface area (Å²) in [6.45, 7) is 5.57. The van der Waals surface area contributed by atoms with Gasteiger partial charge in [-0.1, -0.05) is 74.0 Å². The molecule has 0 amide bonds. The van der Waals surface area contributed by atoms with Crippen LogP contribution in [0, 0.1) is 0 Å². The highest BCUT2D eigenvalue weighted by atomic mass is 16.5. The Bertz CT molecular complexity index is 1830. The van der Waals surface area contributed by atoms with Crippen LogP contribution in [0.3, 0.4) is 0 Å². The number of H-pyrrole nitrogens is 1. The van der Waals surface area contributed by atoms with Gasteiger partial charge in [0.2, 0.25) is 0 Å². The van der Waals surface area contributed by atoms with Crippen LogP contribution in [0.5, 0.6) is 5.75 Å². The Morgan fingerprint density at radius 2 is 1.66 bits per heavy atom. The molecule has 9 heteroatoms. The lowest BCUT2D eigenvalue weighted by molar-refractivity contribution is 0.0256. The first kappa shape index (κ1) is 29.3. The molecule has 0 spiro atoms. The molecule has 3 aromatic carbocycles. The molecule has 1 aliphatic heterocycles. The molecule has 0 bridgehead atoms. The van der Waals surface area contributed by atoms with Crippen LogP contribution in [0.1, 0.15) is 55.8 Å². The predicted molar refractivity (Wildman–Crippen MR) is 168 cm³/mol. The second-order valence-electron chi connectivity index (χ2n) is 11.0. The topological polar surface area (TPSA) is 112 Å². The molecule has 0 radical (unpaired) electrons. The quantitative estimate of drug-likeness (QED) is 0.215. The van der Waals surface area contributed by atoms with Crippen molar-refractivity contribution < 1.29 is 14.0 Å². The number of aromatic nitrogens is 4. The van der Waals surface area contributed by atoms with E-state index in [4.69, 9.17) is 19.0 Å². The fraction of sp³-hybridized carbons (Fsp3) is 0.314. The molecule has 5 aromatic rings. The van der Waals surface area contributed by atoms with Gasteiger partial charge in [0.15, 0.2) is 5.82 Å². The van der Waals surface area contributed by atoms with Crippen LogP contribution in [0.25, 0.3) is 28.2 Å². The molecule has 0 aliphatic carbocycles. The van der Waals surface area contributed by atoms with E-state index in [9.17, 15) is 9.59 Å². The fourth-order valence-electron chi connectivity index (χ4n) is 5.73. The third-order valence-corrected chi connectivity index (χ3v) is 7.97. The lowest BCUT2D eigenvalue weighted by Crippen LogP contribution is -2.29. The maximum Gasteiger partial charge on any atom is 0.439 e. The van der Waals surface area contributed by atoms with Crippen LogP contribution in [-0.4, -0.2) is 39.0 Å². The molecule has 3 heterocycles. The van der Waals surface area contributed by atoms with E-state index in [1.807, 2.05) is 79.7 Å². The van der Waals surface area contributed by atoms with Crippen LogP contribution in [0.15, 0.2) is 86.9 Å². The molecule has 9 nitrogen and oxygen atoms in total. The normalized spacial score (nSPS) is 13.7. The highest BCUT2D eigenvalue weighted by Crippen LogP contribution is 2.30. The van der Waals surface area contributed by atoms with Crippen LogP contribution < -0.4 is 16.1 Å². The van der Waals surface area contributed by atoms with Gasteiger partial charge in [0.1, 0.15) is 17.7 Å². The maximum absolute atomic E-state index is 14.2. The van der Waals surface area contributed by atoms with Crippen LogP contribution >= 0.6 is 0 Å². The van der Waals surface area contributed by atoms with Gasteiger partial charge in [-0.2, -0.15) is 0 Å². The molecule has 1 saturated heterocycles. The number of nitrogens with one attached hydrogen (secondary N) is 1. The lowest BCUT2D eigenvalue weighted by Gasteiger charge is -2.23. The van der Waals surface area contributed by atoms with Gasteiger partial charge in [0.05, 0.1) is 24.6 Å². The summed E-state index contributed by atoms with van der Waals surface area (Å²) >= 11 is 0. The largest absolute Gasteiger partial charge is 0.490 e. The fourth-order valence-corrected chi connectivity index (χ4v) is 5.73. The molecule has 1 N–H and O–H groups in total. The Morgan fingerprint density at radius 1 is 0.932 bits per heavy atom. The van der Waals surface area contributed by atoms with Gasteiger partial charge < -0.3 is 9.47 Å². The van der Waals surface area contributed by atoms with Crippen molar-refractivity contribution in [1.29, 1.82) is 0 Å². The van der Waals surface area contributed by atoms with Crippen molar-refractivity contribution in [2.24, 2.45) is 0 Å². The standard InChI is InChI=1S/C35H36N4O5/c1-3-7-31-30(22-23-10-12-24(13-11-23)28-8-5-6-9-29(28)33-37-35(41)44-38-33)34(40)39(32(4-2)36-31)25-14-16-26(17-15-25)43-27-18-20-42-21-19-27/h5-6,8-17,27H,3-4,7,18-22H2,1-2H3,(H,37,38,41). The minimum atomic E-state index is -0.597. The molecule has 2 aromatic heterocycles. The second kappa shape index (κ2) is 13.3. The molecule has 1 aliphatic rings. The summed E-state index contributed by atoms with van der Waals surface area (Å²) in [6.07, 6.45) is 4.64. The molecule has 44 heavy (non-hydrogen) atoms. The number of hydrogen-bond acceptors (Lipinski definition) is 7. The summed E-state index contributed by atoms with van der Waals surface area (Å²) in [5, 5.41) is 3.86. The molecular weight excluding hydrogens is 556 g/mol. The van der Waals surface area contributed by atoms with E-state index in [-0.39, 0.29) is 11.7 Å². The van der Waals surface area contributed by atoms with Crippen molar-refractivity contribution >= 4 is 0 Å². The van der Waals surface area contributed by atoms with Gasteiger partial charge in [-0.15, -0.1) is 0 Å². The van der Waals surface area contributed by atoms with Crippen molar-refractivity contribution in [3.63, 3.8) is 0 Å². The molecule has 6 rings (SSSR count). The van der Waals surface area contributed by atoms with E-state index in [2.05, 4.69) is 17.1 Å². The average Bonchev–Trinajstić information content (AvgIpc) is 3.50. The van der Waals surface area contributed by atoms with Gasteiger partial charge >= 0.3 is 5.76 Å². The average molecular weight is 593 g/mol. The first-order chi connectivity index (χ1) is 21.5. The number of rotatable bonds is 10. The van der Waals surface area contributed by atoms with Crippen molar-refractivity contribution in [3.8, 4) is 34.0 Å². The van der Waals surface area contributed by atoms with E-state index in [1.165, 1.54) is 0 Å². The number of nitrogens with zero attached hydrogens (tertiary/aromatic N) is 3. The van der Waals surface area contributed by atoms with Crippen molar-refractivity contribution in [3.05, 3.63) is 116 Å². The highest BCUT2D eigenvalue weighted by Gasteiger charge is 2.19. The Balaban J connectivity index is 1.30. The summed E-state index contributed by atoms with van der Waals surface area (Å²) in [6, 6.07) is 23.6. The molecule has 0 unspecified atom stereocenters. The van der Waals surface area contributed by atoms with E-state index in [0.717, 1.165) is 84.1 Å². The third-order valence-electron chi connectivity index (χ3n) is 7.97. The Kier molecular flexibility index (Phi) is 8.84. The molecule has 0 atom stereocenters. The van der Waals surface area contributed by atoms with Crippen molar-refractivity contribution in [1.82, 2.24) is 19.7 Å². The minimum Gasteiger partial charge on any atom is -0.490 e. The Labute approximate surface area is 255 Å². The number of aromatic amines is 1. The van der Waals surface area contributed by atoms with Crippen molar-refractivity contribution in [2.45, 2.75) is 58.5 Å². The van der Waals surface area contributed by atoms with Crippen LogP contribution in [0.4, 0.5) is 0 Å². The van der Waals surface area contributed by atoms with Crippen LogP contribution in [0.2, 0.25) is 0 Å². The lowest BCUT2D eigenvalue weighted by atomic mass is 9.96. The van der Waals surface area contributed by atoms with E-state index in [1.54, 1.807) is 4.57 Å². The maximum atomic E-state index is 14.2. The third kappa shape index (κ3) is 6.28. The Hall–Kier alpha value is -4.76. The van der Waals surface area contributed by atoms with Gasteiger partial charge in [-0.25, -0.2) is 9.78 Å². The zero-order chi connectivity index (χ0) is 30.5. The summed E-state index contributed by atoms with van der Waals surface area (Å²) in [7, 11) is 0. The van der Waals surface area contributed by atoms with Gasteiger partial charge in [0.25, 0.3) is 5.56 Å². The SMILES string of the molecule is CCCc1nc(CC)n(-c2ccc(OC3CCOCC3)cc2)c(=O)c1Cc1ccc(-c2ccccc2-c2noc(=O)[nH]2)cc1. The zero-order valence-electron chi connectivity index (χ0n) is 25.0. The number of benzene rings is 3. The first-order valence-electron chi connectivity index (χ1n) is 15.3. The summed E-state index contributed by atoms with van der Waals surface area (Å²) in [5.41, 5.74) is 5.95. The van der Waals surface area contributed by atoms with E-state index < -0.39 is 5.76 Å². The summed E-state index contributed by atoms with van der Waals surface area (Å²) in [4.78, 5) is 33.4. The van der Waals surface area contributed by atoms with E-state index >= 15 is 0 Å². The molecule has 0 saturated carbocycles. The summed E-state index contributed by atoms with van der Waals surface area (Å²) in [5.74, 6) is 1.32. The molecular formula is C35H36N4O5. The van der Waals surface area contributed by atoms with Crippen LogP contribution in [-0.2, 0) is 24.0 Å². The smallest absolute Gasteiger partial charge is 0.439 e.